The molecule has 0 saturated carbocycles. The van der Waals surface area contributed by atoms with Crippen molar-refractivity contribution in [2.45, 2.75) is 45.7 Å². The van der Waals surface area contributed by atoms with Crippen LogP contribution in [0, 0.1) is 0 Å². The van der Waals surface area contributed by atoms with Gasteiger partial charge in [0, 0.05) is 25.0 Å². The van der Waals surface area contributed by atoms with Crippen LogP contribution in [0.15, 0.2) is 0 Å². The molecule has 0 spiro atoms. The van der Waals surface area contributed by atoms with Crippen LogP contribution in [0.4, 0.5) is 0 Å². The van der Waals surface area contributed by atoms with Crippen molar-refractivity contribution in [1.82, 2.24) is 10.2 Å². The first-order valence-corrected chi connectivity index (χ1v) is 5.14. The summed E-state index contributed by atoms with van der Waals surface area (Å²) in [5.74, 6) is 0.287. The number of nitrogens with one attached hydrogen (secondary N) is 1. The average Bonchev–Trinajstić information content (AvgIpc) is 1.99. The third kappa shape index (κ3) is 2.99. The van der Waals surface area contributed by atoms with Gasteiger partial charge in [-0.2, -0.15) is 0 Å². The summed E-state index contributed by atoms with van der Waals surface area (Å²) in [5, 5.41) is 3.33. The maximum atomic E-state index is 11.7. The number of rotatable bonds is 1. The van der Waals surface area contributed by atoms with E-state index in [4.69, 9.17) is 0 Å². The van der Waals surface area contributed by atoms with Crippen molar-refractivity contribution in [2.75, 3.05) is 13.1 Å². The molecule has 3 heteroatoms. The summed E-state index contributed by atoms with van der Waals surface area (Å²) in [4.78, 5) is 13.7. The molecule has 13 heavy (non-hydrogen) atoms. The molecular formula is C10H20N2O. The smallest absolute Gasteiger partial charge is 0.224 e. The Labute approximate surface area is 80.5 Å². The second kappa shape index (κ2) is 4.61. The third-order valence-corrected chi connectivity index (χ3v) is 2.49. The fourth-order valence-electron chi connectivity index (χ4n) is 1.72. The van der Waals surface area contributed by atoms with E-state index in [9.17, 15) is 4.79 Å². The highest BCUT2D eigenvalue weighted by Gasteiger charge is 2.20. The summed E-state index contributed by atoms with van der Waals surface area (Å²) >= 11 is 0. The van der Waals surface area contributed by atoms with Gasteiger partial charge in [0.05, 0.1) is 0 Å². The molecule has 1 saturated heterocycles. The fourth-order valence-corrected chi connectivity index (χ4v) is 1.72. The van der Waals surface area contributed by atoms with Crippen LogP contribution >= 0.6 is 0 Å². The SMILES string of the molecule is CC1CC(=O)N(C(C)C)CCCN1. The highest BCUT2D eigenvalue weighted by Crippen LogP contribution is 2.07. The molecule has 0 aromatic rings. The molecule has 1 unspecified atom stereocenters. The summed E-state index contributed by atoms with van der Waals surface area (Å²) in [6.45, 7) is 8.16. The molecule has 1 heterocycles. The molecule has 1 fully saturated rings. The van der Waals surface area contributed by atoms with E-state index in [0.29, 0.717) is 18.5 Å². The van der Waals surface area contributed by atoms with Gasteiger partial charge in [0.25, 0.3) is 0 Å². The topological polar surface area (TPSA) is 32.3 Å². The van der Waals surface area contributed by atoms with Gasteiger partial charge < -0.3 is 10.2 Å². The molecule has 1 amide bonds. The number of nitrogens with zero attached hydrogens (tertiary/aromatic N) is 1. The lowest BCUT2D eigenvalue weighted by Gasteiger charge is -2.30. The van der Waals surface area contributed by atoms with E-state index in [0.717, 1.165) is 19.5 Å². The van der Waals surface area contributed by atoms with Crippen molar-refractivity contribution in [1.29, 1.82) is 0 Å². The van der Waals surface area contributed by atoms with Crippen LogP contribution in [0.5, 0.6) is 0 Å². The quantitative estimate of drug-likeness (QED) is 0.659. The van der Waals surface area contributed by atoms with Crippen molar-refractivity contribution >= 4 is 5.91 Å². The van der Waals surface area contributed by atoms with Crippen molar-refractivity contribution in [3.8, 4) is 0 Å². The molecule has 1 rings (SSSR count). The molecule has 1 atom stereocenters. The van der Waals surface area contributed by atoms with Crippen LogP contribution in [0.25, 0.3) is 0 Å². The zero-order chi connectivity index (χ0) is 9.84. The molecule has 1 N–H and O–H groups in total. The molecule has 0 aromatic heterocycles. The molecular weight excluding hydrogens is 164 g/mol. The molecule has 3 nitrogen and oxygen atoms in total. The van der Waals surface area contributed by atoms with Gasteiger partial charge in [-0.3, -0.25) is 4.79 Å². The van der Waals surface area contributed by atoms with E-state index in [-0.39, 0.29) is 5.91 Å². The summed E-state index contributed by atoms with van der Waals surface area (Å²) in [6.07, 6.45) is 1.70. The number of amides is 1. The van der Waals surface area contributed by atoms with Crippen molar-refractivity contribution in [3.63, 3.8) is 0 Å². The Hall–Kier alpha value is -0.570. The second-order valence-corrected chi connectivity index (χ2v) is 4.09. The first kappa shape index (κ1) is 10.5. The minimum Gasteiger partial charge on any atom is -0.340 e. The predicted octanol–water partition coefficient (Wildman–Crippen LogP) is 0.995. The maximum absolute atomic E-state index is 11.7. The Kier molecular flexibility index (Phi) is 3.72. The molecule has 0 aromatic carbocycles. The van der Waals surface area contributed by atoms with E-state index in [1.54, 1.807) is 0 Å². The van der Waals surface area contributed by atoms with Crippen LogP contribution in [-0.4, -0.2) is 36.0 Å². The van der Waals surface area contributed by atoms with Gasteiger partial charge in [-0.05, 0) is 33.7 Å². The van der Waals surface area contributed by atoms with Crippen LogP contribution in [0.1, 0.15) is 33.6 Å². The van der Waals surface area contributed by atoms with E-state index in [1.165, 1.54) is 0 Å². The summed E-state index contributed by atoms with van der Waals surface area (Å²) < 4.78 is 0. The highest BCUT2D eigenvalue weighted by molar-refractivity contribution is 5.77. The van der Waals surface area contributed by atoms with Gasteiger partial charge >= 0.3 is 0 Å². The fraction of sp³-hybridized carbons (Fsp3) is 0.900. The highest BCUT2D eigenvalue weighted by atomic mass is 16.2. The van der Waals surface area contributed by atoms with Gasteiger partial charge in [-0.25, -0.2) is 0 Å². The Morgan fingerprint density at radius 2 is 2.23 bits per heavy atom. The van der Waals surface area contributed by atoms with Gasteiger partial charge in [-0.1, -0.05) is 0 Å². The van der Waals surface area contributed by atoms with E-state index in [1.807, 2.05) is 4.90 Å². The van der Waals surface area contributed by atoms with Crippen LogP contribution in [0.2, 0.25) is 0 Å². The van der Waals surface area contributed by atoms with Crippen LogP contribution < -0.4 is 5.32 Å². The van der Waals surface area contributed by atoms with Crippen molar-refractivity contribution in [3.05, 3.63) is 0 Å². The van der Waals surface area contributed by atoms with Gasteiger partial charge in [0.15, 0.2) is 0 Å². The Morgan fingerprint density at radius 3 is 2.85 bits per heavy atom. The first-order chi connectivity index (χ1) is 6.11. The number of carbonyl (C=O) groups excluding carboxylic acids is 1. The first-order valence-electron chi connectivity index (χ1n) is 5.14. The molecule has 1 aliphatic heterocycles. The van der Waals surface area contributed by atoms with Crippen LogP contribution in [0.3, 0.4) is 0 Å². The standard InChI is InChI=1S/C10H20N2O/c1-8(2)12-6-4-5-11-9(3)7-10(12)13/h8-9,11H,4-7H2,1-3H3. The molecule has 1 aliphatic rings. The Balaban J connectivity index is 2.56. The summed E-state index contributed by atoms with van der Waals surface area (Å²) in [5.41, 5.74) is 0. The van der Waals surface area contributed by atoms with Crippen molar-refractivity contribution < 1.29 is 4.79 Å². The molecule has 0 radical (unpaired) electrons. The normalized spacial score (nSPS) is 26.0. The number of hydrogen-bond donors (Lipinski definition) is 1. The number of carbonyl (C=O) groups is 1. The monoisotopic (exact) mass is 184 g/mol. The lowest BCUT2D eigenvalue weighted by Crippen LogP contribution is -2.44. The minimum absolute atomic E-state index is 0.287. The van der Waals surface area contributed by atoms with Gasteiger partial charge in [0.2, 0.25) is 5.91 Å². The van der Waals surface area contributed by atoms with Gasteiger partial charge in [-0.15, -0.1) is 0 Å². The van der Waals surface area contributed by atoms with E-state index in [2.05, 4.69) is 26.1 Å². The van der Waals surface area contributed by atoms with Gasteiger partial charge in [0.1, 0.15) is 0 Å². The minimum atomic E-state index is 0.287. The third-order valence-electron chi connectivity index (χ3n) is 2.49. The molecule has 0 aliphatic carbocycles. The zero-order valence-corrected chi connectivity index (χ0v) is 8.84. The second-order valence-electron chi connectivity index (χ2n) is 4.09. The molecule has 76 valence electrons. The lowest BCUT2D eigenvalue weighted by molar-refractivity contribution is -0.133. The average molecular weight is 184 g/mol. The zero-order valence-electron chi connectivity index (χ0n) is 8.84. The Morgan fingerprint density at radius 1 is 1.54 bits per heavy atom. The van der Waals surface area contributed by atoms with E-state index >= 15 is 0 Å². The Bertz CT molecular complexity index is 180. The summed E-state index contributed by atoms with van der Waals surface area (Å²) in [7, 11) is 0. The molecule has 0 bridgehead atoms. The summed E-state index contributed by atoms with van der Waals surface area (Å²) in [6, 6.07) is 0.673. The van der Waals surface area contributed by atoms with E-state index < -0.39 is 0 Å². The van der Waals surface area contributed by atoms with Crippen LogP contribution in [-0.2, 0) is 4.79 Å². The largest absolute Gasteiger partial charge is 0.340 e. The lowest BCUT2D eigenvalue weighted by atomic mass is 10.1. The maximum Gasteiger partial charge on any atom is 0.224 e. The van der Waals surface area contributed by atoms with Crippen molar-refractivity contribution in [2.24, 2.45) is 0 Å². The number of hydrogen-bond acceptors (Lipinski definition) is 2. The predicted molar refractivity (Wildman–Crippen MR) is 53.5 cm³/mol.